The van der Waals surface area contributed by atoms with Crippen LogP contribution in [0.1, 0.15) is 5.01 Å². The molecule has 0 spiro atoms. The summed E-state index contributed by atoms with van der Waals surface area (Å²) in [4.78, 5) is 4.41. The van der Waals surface area contributed by atoms with Gasteiger partial charge in [-0.05, 0) is 24.3 Å². The molecule has 0 aliphatic heterocycles. The number of hydrogen-bond donors (Lipinski definition) is 0. The van der Waals surface area contributed by atoms with Crippen molar-refractivity contribution in [2.75, 3.05) is 5.88 Å². The van der Waals surface area contributed by atoms with Crippen LogP contribution in [0.2, 0.25) is 0 Å². The van der Waals surface area contributed by atoms with Crippen molar-refractivity contribution in [2.24, 2.45) is 0 Å². The van der Waals surface area contributed by atoms with Gasteiger partial charge in [-0.25, -0.2) is 9.37 Å². The third kappa shape index (κ3) is 2.55. The second-order valence-electron chi connectivity index (χ2n) is 3.07. The van der Waals surface area contributed by atoms with Crippen LogP contribution in [0.15, 0.2) is 29.6 Å². The van der Waals surface area contributed by atoms with Crippen LogP contribution in [0.5, 0.6) is 0 Å². The van der Waals surface area contributed by atoms with Crippen LogP contribution >= 0.6 is 22.9 Å². The zero-order valence-electron chi connectivity index (χ0n) is 7.91. The fraction of sp³-hybridized carbons (Fsp3) is 0.182. The molecular weight excluding hydrogens is 233 g/mol. The second kappa shape index (κ2) is 4.73. The van der Waals surface area contributed by atoms with Crippen LogP contribution in [-0.2, 0) is 6.42 Å². The lowest BCUT2D eigenvalue weighted by Gasteiger charge is -1.95. The number of nitrogens with zero attached hydrogens (tertiary/aromatic N) is 1. The van der Waals surface area contributed by atoms with E-state index in [9.17, 15) is 4.39 Å². The predicted molar refractivity (Wildman–Crippen MR) is 61.9 cm³/mol. The fourth-order valence-electron chi connectivity index (χ4n) is 1.26. The van der Waals surface area contributed by atoms with Gasteiger partial charge >= 0.3 is 0 Å². The highest BCUT2D eigenvalue weighted by Crippen LogP contribution is 2.22. The average Bonchev–Trinajstić information content (AvgIpc) is 2.68. The molecule has 0 unspecified atom stereocenters. The number of halogens is 2. The first kappa shape index (κ1) is 10.6. The lowest BCUT2D eigenvalue weighted by Crippen LogP contribution is -1.85. The Bertz CT molecular complexity index is 438. The highest BCUT2D eigenvalue weighted by atomic mass is 35.5. The van der Waals surface area contributed by atoms with Gasteiger partial charge in [-0.3, -0.25) is 0 Å². The van der Waals surface area contributed by atoms with Crippen molar-refractivity contribution in [2.45, 2.75) is 6.42 Å². The molecule has 0 bridgehead atoms. The average molecular weight is 242 g/mol. The highest BCUT2D eigenvalue weighted by Gasteiger charge is 2.03. The Morgan fingerprint density at radius 3 is 2.67 bits per heavy atom. The van der Waals surface area contributed by atoms with E-state index in [1.165, 1.54) is 12.1 Å². The van der Waals surface area contributed by atoms with Gasteiger partial charge in [0.05, 0.1) is 10.7 Å². The van der Waals surface area contributed by atoms with Crippen molar-refractivity contribution in [3.8, 4) is 11.3 Å². The summed E-state index contributed by atoms with van der Waals surface area (Å²) in [5.74, 6) is 0.353. The van der Waals surface area contributed by atoms with Gasteiger partial charge in [-0.2, -0.15) is 0 Å². The smallest absolute Gasteiger partial charge is 0.123 e. The van der Waals surface area contributed by atoms with Crippen LogP contribution in [-0.4, -0.2) is 10.9 Å². The van der Waals surface area contributed by atoms with Crippen molar-refractivity contribution in [1.29, 1.82) is 0 Å². The molecule has 0 saturated carbocycles. The molecule has 2 rings (SSSR count). The molecule has 15 heavy (non-hydrogen) atoms. The third-order valence-electron chi connectivity index (χ3n) is 2.00. The molecule has 2 aromatic rings. The molecule has 0 amide bonds. The number of alkyl halides is 1. The highest BCUT2D eigenvalue weighted by molar-refractivity contribution is 7.10. The second-order valence-corrected chi connectivity index (χ2v) is 4.39. The summed E-state index contributed by atoms with van der Waals surface area (Å²) in [6.45, 7) is 0. The molecule has 0 atom stereocenters. The van der Waals surface area contributed by atoms with E-state index in [4.69, 9.17) is 11.6 Å². The Kier molecular flexibility index (Phi) is 3.34. The van der Waals surface area contributed by atoms with Crippen LogP contribution in [0.3, 0.4) is 0 Å². The van der Waals surface area contributed by atoms with Gasteiger partial charge in [0.25, 0.3) is 0 Å². The summed E-state index contributed by atoms with van der Waals surface area (Å²) in [7, 11) is 0. The van der Waals surface area contributed by atoms with Crippen molar-refractivity contribution in [1.82, 2.24) is 4.98 Å². The first-order valence-electron chi connectivity index (χ1n) is 4.56. The minimum atomic E-state index is -0.227. The number of aromatic nitrogens is 1. The van der Waals surface area contributed by atoms with E-state index in [-0.39, 0.29) is 5.82 Å². The van der Waals surface area contributed by atoms with E-state index in [1.807, 2.05) is 5.38 Å². The molecular formula is C11H9ClFNS. The van der Waals surface area contributed by atoms with Crippen molar-refractivity contribution in [3.05, 3.63) is 40.5 Å². The van der Waals surface area contributed by atoms with Crippen molar-refractivity contribution in [3.63, 3.8) is 0 Å². The predicted octanol–water partition coefficient (Wildman–Crippen LogP) is 3.73. The minimum Gasteiger partial charge on any atom is -0.241 e. The van der Waals surface area contributed by atoms with Gasteiger partial charge in [-0.15, -0.1) is 22.9 Å². The molecule has 1 nitrogen and oxygen atoms in total. The van der Waals surface area contributed by atoms with Crippen molar-refractivity contribution < 1.29 is 4.39 Å². The minimum absolute atomic E-state index is 0.227. The van der Waals surface area contributed by atoms with E-state index in [2.05, 4.69) is 4.98 Å². The van der Waals surface area contributed by atoms with Crippen LogP contribution in [0.25, 0.3) is 11.3 Å². The number of hydrogen-bond acceptors (Lipinski definition) is 2. The van der Waals surface area contributed by atoms with E-state index < -0.39 is 0 Å². The van der Waals surface area contributed by atoms with E-state index in [1.54, 1.807) is 23.5 Å². The molecule has 0 radical (unpaired) electrons. The zero-order chi connectivity index (χ0) is 10.7. The summed E-state index contributed by atoms with van der Waals surface area (Å²) in [5, 5.41) is 2.99. The molecule has 0 saturated heterocycles. The summed E-state index contributed by atoms with van der Waals surface area (Å²) in [6, 6.07) is 6.34. The summed E-state index contributed by atoms with van der Waals surface area (Å²) in [6.07, 6.45) is 0.785. The molecule has 4 heteroatoms. The Morgan fingerprint density at radius 2 is 2.00 bits per heavy atom. The van der Waals surface area contributed by atoms with Gasteiger partial charge in [0, 0.05) is 23.2 Å². The fourth-order valence-corrected chi connectivity index (χ4v) is 2.36. The molecule has 0 fully saturated rings. The molecule has 1 aromatic carbocycles. The first-order chi connectivity index (χ1) is 7.29. The third-order valence-corrected chi connectivity index (χ3v) is 3.10. The van der Waals surface area contributed by atoms with Gasteiger partial charge < -0.3 is 0 Å². The Labute approximate surface area is 96.5 Å². The monoisotopic (exact) mass is 241 g/mol. The Morgan fingerprint density at radius 1 is 1.27 bits per heavy atom. The van der Waals surface area contributed by atoms with E-state index >= 15 is 0 Å². The van der Waals surface area contributed by atoms with Gasteiger partial charge in [-0.1, -0.05) is 0 Å². The molecule has 0 aliphatic carbocycles. The molecule has 0 N–H and O–H groups in total. The maximum Gasteiger partial charge on any atom is 0.123 e. The maximum atomic E-state index is 12.7. The summed E-state index contributed by atoms with van der Waals surface area (Å²) >= 11 is 7.21. The molecule has 78 valence electrons. The van der Waals surface area contributed by atoms with Gasteiger partial charge in [0.15, 0.2) is 0 Å². The molecule has 0 aliphatic rings. The topological polar surface area (TPSA) is 12.9 Å². The quantitative estimate of drug-likeness (QED) is 0.747. The number of rotatable bonds is 3. The van der Waals surface area contributed by atoms with Crippen LogP contribution in [0.4, 0.5) is 4.39 Å². The molecule has 1 aromatic heterocycles. The van der Waals surface area contributed by atoms with Gasteiger partial charge in [0.1, 0.15) is 5.82 Å². The van der Waals surface area contributed by atoms with Crippen LogP contribution in [0, 0.1) is 5.82 Å². The van der Waals surface area contributed by atoms with Crippen LogP contribution < -0.4 is 0 Å². The number of thiazole rings is 1. The summed E-state index contributed by atoms with van der Waals surface area (Å²) < 4.78 is 12.7. The molecule has 1 heterocycles. The Balaban J connectivity index is 2.25. The van der Waals surface area contributed by atoms with Crippen molar-refractivity contribution >= 4 is 22.9 Å². The zero-order valence-corrected chi connectivity index (χ0v) is 9.48. The first-order valence-corrected chi connectivity index (χ1v) is 5.97. The number of benzene rings is 1. The number of aryl methyl sites for hydroxylation is 1. The largest absolute Gasteiger partial charge is 0.241 e. The normalized spacial score (nSPS) is 10.5. The van der Waals surface area contributed by atoms with E-state index in [0.29, 0.717) is 5.88 Å². The lowest BCUT2D eigenvalue weighted by molar-refractivity contribution is 0.628. The standard InChI is InChI=1S/C11H9ClFNS/c12-6-5-11-14-10(7-15-11)8-1-3-9(13)4-2-8/h1-4,7H,5-6H2. The van der Waals surface area contributed by atoms with Gasteiger partial charge in [0.2, 0.25) is 0 Å². The maximum absolute atomic E-state index is 12.7. The summed E-state index contributed by atoms with van der Waals surface area (Å²) in [5.41, 5.74) is 1.83. The SMILES string of the molecule is Fc1ccc(-c2csc(CCCl)n2)cc1. The lowest BCUT2D eigenvalue weighted by atomic mass is 10.2. The van der Waals surface area contributed by atoms with E-state index in [0.717, 1.165) is 22.7 Å². The Hall–Kier alpha value is -0.930.